The van der Waals surface area contributed by atoms with Gasteiger partial charge in [-0.05, 0) is 77.0 Å². The standard InChI is InChI=1S/C46H82NO9P/c1-6-8-10-12-14-15-16-17-18-19-20-21-24-29-33-37-46(49)55-42(41-54-57(50,51)53-39-38-47(3,4)5)40-52-45(48)36-32-28-25-22-23-27-31-35-44-43(56-44)34-30-26-13-11-9-7-2/h17-18,22,25-27,30-31,42-44H,6-16,19-21,23-24,28-29,32-41H2,1-5H3/p+1/b18-17-,25-22-,30-26-,31-27-/t42-,43?,44?/m1/s1. The molecule has 1 heterocycles. The zero-order chi connectivity index (χ0) is 41.9. The number of likely N-dealkylation sites (N-methyl/N-ethyl adjacent to an activating group) is 1. The zero-order valence-corrected chi connectivity index (χ0v) is 37.7. The van der Waals surface area contributed by atoms with Crippen LogP contribution in [0.25, 0.3) is 0 Å². The number of quaternary nitrogens is 1. The molecule has 0 amide bonds. The lowest BCUT2D eigenvalue weighted by Gasteiger charge is -2.24. The van der Waals surface area contributed by atoms with Gasteiger partial charge in [0.25, 0.3) is 0 Å². The van der Waals surface area contributed by atoms with Crippen LogP contribution in [0.4, 0.5) is 0 Å². The van der Waals surface area contributed by atoms with Crippen molar-refractivity contribution in [3.63, 3.8) is 0 Å². The summed E-state index contributed by atoms with van der Waals surface area (Å²) in [5, 5.41) is 0. The van der Waals surface area contributed by atoms with Crippen LogP contribution in [0.3, 0.4) is 0 Å². The molecule has 10 nitrogen and oxygen atoms in total. The summed E-state index contributed by atoms with van der Waals surface area (Å²) < 4.78 is 40.0. The second kappa shape index (κ2) is 34.8. The van der Waals surface area contributed by atoms with Crippen molar-refractivity contribution in [2.24, 2.45) is 0 Å². The second-order valence-corrected chi connectivity index (χ2v) is 17.9. The topological polar surface area (TPSA) is 121 Å². The maximum Gasteiger partial charge on any atom is 0.472 e. The van der Waals surface area contributed by atoms with Crippen LogP contribution in [0.15, 0.2) is 48.6 Å². The fourth-order valence-corrected chi connectivity index (χ4v) is 6.78. The van der Waals surface area contributed by atoms with E-state index in [4.69, 9.17) is 23.3 Å². The van der Waals surface area contributed by atoms with Crippen molar-refractivity contribution in [3.05, 3.63) is 48.6 Å². The SMILES string of the molecule is CCCCC/C=C\CC1OC1C/C=C\C/C=C\CCCC(=O)OC[C@H](COP(=O)(O)OCC[N+](C)(C)C)OC(=O)CCCCCCC/C=C\CCCCCCCC. The van der Waals surface area contributed by atoms with E-state index in [9.17, 15) is 19.0 Å². The van der Waals surface area contributed by atoms with E-state index in [1.807, 2.05) is 21.1 Å². The van der Waals surface area contributed by atoms with Gasteiger partial charge in [-0.25, -0.2) is 4.57 Å². The molecule has 0 radical (unpaired) electrons. The molecule has 0 aromatic rings. The first kappa shape index (κ1) is 52.9. The predicted octanol–water partition coefficient (Wildman–Crippen LogP) is 11.7. The Morgan fingerprint density at radius 2 is 1.12 bits per heavy atom. The number of unbranched alkanes of at least 4 members (excludes halogenated alkanes) is 15. The molecule has 1 aliphatic heterocycles. The van der Waals surface area contributed by atoms with E-state index in [1.165, 1.54) is 64.2 Å². The lowest BCUT2D eigenvalue weighted by Crippen LogP contribution is -2.37. The van der Waals surface area contributed by atoms with Crippen molar-refractivity contribution in [2.45, 2.75) is 186 Å². The summed E-state index contributed by atoms with van der Waals surface area (Å²) in [7, 11) is 1.43. The van der Waals surface area contributed by atoms with Gasteiger partial charge in [0.05, 0.1) is 40.0 Å². The fraction of sp³-hybridized carbons (Fsp3) is 0.783. The Hall–Kier alpha value is -2.07. The summed E-state index contributed by atoms with van der Waals surface area (Å²) in [6.45, 7) is 4.29. The second-order valence-electron chi connectivity index (χ2n) is 16.5. The Bertz CT molecular complexity index is 1180. The van der Waals surface area contributed by atoms with Crippen molar-refractivity contribution in [2.75, 3.05) is 47.5 Å². The minimum Gasteiger partial charge on any atom is -0.462 e. The molecular formula is C46H83NO9P+. The molecule has 1 aliphatic rings. The van der Waals surface area contributed by atoms with Gasteiger partial charge in [0.15, 0.2) is 6.10 Å². The number of hydrogen-bond acceptors (Lipinski definition) is 8. The Kier molecular flexibility index (Phi) is 32.3. The van der Waals surface area contributed by atoms with Crippen LogP contribution in [0.2, 0.25) is 0 Å². The third-order valence-corrected chi connectivity index (χ3v) is 10.7. The van der Waals surface area contributed by atoms with E-state index in [0.29, 0.717) is 36.1 Å². The molecule has 1 saturated heterocycles. The minimum atomic E-state index is -4.39. The first-order valence-electron chi connectivity index (χ1n) is 22.5. The third kappa shape index (κ3) is 35.6. The molecule has 11 heteroatoms. The minimum absolute atomic E-state index is 0.0180. The lowest BCUT2D eigenvalue weighted by molar-refractivity contribution is -0.870. The highest BCUT2D eigenvalue weighted by Crippen LogP contribution is 2.43. The normalized spacial score (nSPS) is 17.6. The molecule has 0 spiro atoms. The highest BCUT2D eigenvalue weighted by atomic mass is 31.2. The first-order chi connectivity index (χ1) is 27.5. The first-order valence-corrected chi connectivity index (χ1v) is 24.0. The Balaban J connectivity index is 2.32. The van der Waals surface area contributed by atoms with E-state index < -0.39 is 32.5 Å². The highest BCUT2D eigenvalue weighted by Gasteiger charge is 2.36. The quantitative estimate of drug-likeness (QED) is 0.0161. The number of ether oxygens (including phenoxy) is 3. The molecule has 0 aromatic heterocycles. The number of rotatable bonds is 39. The molecule has 0 bridgehead atoms. The molecule has 4 atom stereocenters. The van der Waals surface area contributed by atoms with Gasteiger partial charge in [0.1, 0.15) is 19.8 Å². The van der Waals surface area contributed by atoms with Gasteiger partial charge in [-0.15, -0.1) is 0 Å². The smallest absolute Gasteiger partial charge is 0.462 e. The number of esters is 2. The maximum absolute atomic E-state index is 12.7. The van der Waals surface area contributed by atoms with Crippen molar-refractivity contribution >= 4 is 19.8 Å². The molecule has 1 fully saturated rings. The van der Waals surface area contributed by atoms with Crippen LogP contribution in [0.1, 0.15) is 168 Å². The van der Waals surface area contributed by atoms with Crippen LogP contribution in [-0.4, -0.2) is 87.1 Å². The largest absolute Gasteiger partial charge is 0.472 e. The number of phosphoric ester groups is 1. The summed E-state index contributed by atoms with van der Waals surface area (Å²) >= 11 is 0. The van der Waals surface area contributed by atoms with E-state index >= 15 is 0 Å². The Morgan fingerprint density at radius 3 is 1.77 bits per heavy atom. The van der Waals surface area contributed by atoms with Gasteiger partial charge in [-0.1, -0.05) is 127 Å². The van der Waals surface area contributed by atoms with Gasteiger partial charge in [-0.2, -0.15) is 0 Å². The molecule has 330 valence electrons. The molecule has 0 aliphatic carbocycles. The van der Waals surface area contributed by atoms with Crippen molar-refractivity contribution in [1.29, 1.82) is 0 Å². The van der Waals surface area contributed by atoms with Gasteiger partial charge in [0, 0.05) is 12.8 Å². The van der Waals surface area contributed by atoms with E-state index in [-0.39, 0.29) is 26.1 Å². The molecule has 0 aromatic carbocycles. The van der Waals surface area contributed by atoms with Crippen LogP contribution in [0.5, 0.6) is 0 Å². The lowest BCUT2D eigenvalue weighted by atomic mass is 10.1. The Labute approximate surface area is 348 Å². The number of carbonyl (C=O) groups excluding carboxylic acids is 2. The van der Waals surface area contributed by atoms with Crippen LogP contribution in [-0.2, 0) is 37.4 Å². The molecular weight excluding hydrogens is 741 g/mol. The summed E-state index contributed by atoms with van der Waals surface area (Å²) in [5.41, 5.74) is 0. The highest BCUT2D eigenvalue weighted by molar-refractivity contribution is 7.47. The summed E-state index contributed by atoms with van der Waals surface area (Å²) in [5.74, 6) is -0.882. The van der Waals surface area contributed by atoms with Crippen LogP contribution in [0, 0.1) is 0 Å². The van der Waals surface area contributed by atoms with Gasteiger partial charge in [0.2, 0.25) is 0 Å². The number of phosphoric acid groups is 1. The number of allylic oxidation sites excluding steroid dienone is 6. The fourth-order valence-electron chi connectivity index (χ4n) is 6.04. The number of nitrogens with zero attached hydrogens (tertiary/aromatic N) is 1. The average molecular weight is 825 g/mol. The number of carbonyl (C=O) groups is 2. The monoisotopic (exact) mass is 825 g/mol. The molecule has 1 rings (SSSR count). The van der Waals surface area contributed by atoms with Gasteiger partial charge < -0.3 is 23.6 Å². The van der Waals surface area contributed by atoms with E-state index in [2.05, 4.69) is 62.5 Å². The van der Waals surface area contributed by atoms with Gasteiger partial charge >= 0.3 is 19.8 Å². The van der Waals surface area contributed by atoms with Crippen LogP contribution >= 0.6 is 7.82 Å². The summed E-state index contributed by atoms with van der Waals surface area (Å²) in [4.78, 5) is 35.4. The van der Waals surface area contributed by atoms with Crippen molar-refractivity contribution < 1.29 is 46.8 Å². The van der Waals surface area contributed by atoms with Crippen LogP contribution < -0.4 is 0 Å². The summed E-state index contributed by atoms with van der Waals surface area (Å²) in [6.07, 6.45) is 41.9. The predicted molar refractivity (Wildman–Crippen MR) is 233 cm³/mol. The third-order valence-electron chi connectivity index (χ3n) is 9.73. The maximum atomic E-state index is 12.7. The number of epoxide rings is 1. The average Bonchev–Trinajstić information content (AvgIpc) is 3.92. The van der Waals surface area contributed by atoms with E-state index in [1.54, 1.807) is 0 Å². The zero-order valence-electron chi connectivity index (χ0n) is 36.8. The summed E-state index contributed by atoms with van der Waals surface area (Å²) in [6, 6.07) is 0. The van der Waals surface area contributed by atoms with Crippen molar-refractivity contribution in [1.82, 2.24) is 0 Å². The molecule has 3 unspecified atom stereocenters. The van der Waals surface area contributed by atoms with Gasteiger partial charge in [-0.3, -0.25) is 18.6 Å². The van der Waals surface area contributed by atoms with E-state index in [0.717, 1.165) is 64.2 Å². The Morgan fingerprint density at radius 1 is 0.632 bits per heavy atom. The molecule has 0 saturated carbocycles. The molecule has 57 heavy (non-hydrogen) atoms. The number of hydrogen-bond donors (Lipinski definition) is 1. The van der Waals surface area contributed by atoms with Crippen molar-refractivity contribution in [3.8, 4) is 0 Å². The molecule has 1 N–H and O–H groups in total.